The lowest BCUT2D eigenvalue weighted by Gasteiger charge is -2.26. The lowest BCUT2D eigenvalue weighted by Crippen LogP contribution is -2.39. The summed E-state index contributed by atoms with van der Waals surface area (Å²) in [5.74, 6) is 1.10. The van der Waals surface area contributed by atoms with Crippen LogP contribution >= 0.6 is 0 Å². The van der Waals surface area contributed by atoms with Crippen molar-refractivity contribution in [1.82, 2.24) is 10.2 Å². The standard InChI is InChI=1S/C22H27F3O2.C7H13NO.C6H13N.C5H12O3S/c1-4-5-14-26-18-10-6-16(7-11-18)22(2,3)17-8-12-19(13-9-17)27-15-20(23)21(24)25;1-5-6(9)8-7(2,3)4;1-6(2,3)7-4-5-7;1-5(2,3)8-9(4,6)7/h6-13,20-21H,4-5,14-15H2,1-3H3;5H,1H2,2-4H3,(H,8,9);4-5H2,1-3H3;1-4H3. The zero-order valence-corrected chi connectivity index (χ0v) is 34.6. The number of nitrogens with one attached hydrogen (secondary N) is 1. The third kappa shape index (κ3) is 23.5. The fourth-order valence-corrected chi connectivity index (χ4v) is 5.19. The summed E-state index contributed by atoms with van der Waals surface area (Å²) in [4.78, 5) is 13.0. The normalized spacial score (nSPS) is 13.9. The predicted molar refractivity (Wildman–Crippen MR) is 207 cm³/mol. The average Bonchev–Trinajstić information content (AvgIpc) is 3.85. The second kappa shape index (κ2) is 21.6. The van der Waals surface area contributed by atoms with Crippen LogP contribution in [0.2, 0.25) is 0 Å². The lowest BCUT2D eigenvalue weighted by atomic mass is 9.78. The van der Waals surface area contributed by atoms with Crippen molar-refractivity contribution >= 4 is 16.0 Å². The van der Waals surface area contributed by atoms with Crippen LogP contribution < -0.4 is 14.8 Å². The van der Waals surface area contributed by atoms with Crippen LogP contribution in [0.4, 0.5) is 13.2 Å². The number of amides is 1. The Morgan fingerprint density at radius 2 is 1.29 bits per heavy atom. The number of rotatable bonds is 12. The SMILES string of the molecule is C=CC(=O)NC(C)(C)C.CC(C)(C)N1CC1.CC(C)(C)OS(C)(=O)=O.CCCCOc1ccc(C(C)(C)c2ccc(OCC(F)C(F)F)cc2)cc1. The number of nitrogens with zero attached hydrogens (tertiary/aromatic N) is 1. The molecule has 1 unspecified atom stereocenters. The number of carbonyl (C=O) groups excluding carboxylic acids is 1. The molecule has 1 amide bonds. The Hall–Kier alpha value is -3.09. The number of ether oxygens (including phenoxy) is 2. The topological polar surface area (TPSA) is 93.9 Å². The zero-order chi connectivity index (χ0) is 40.6. The molecule has 8 nitrogen and oxygen atoms in total. The maximum absolute atomic E-state index is 12.9. The van der Waals surface area contributed by atoms with E-state index in [-0.39, 0.29) is 16.9 Å². The Labute approximate surface area is 312 Å². The smallest absolute Gasteiger partial charge is 0.272 e. The maximum atomic E-state index is 12.9. The van der Waals surface area contributed by atoms with Gasteiger partial charge in [-0.2, -0.15) is 8.42 Å². The van der Waals surface area contributed by atoms with Crippen LogP contribution in [0.3, 0.4) is 0 Å². The summed E-state index contributed by atoms with van der Waals surface area (Å²) in [7, 11) is -3.28. The molecule has 1 saturated heterocycles. The molecule has 1 atom stereocenters. The minimum atomic E-state index is -3.28. The molecule has 0 spiro atoms. The van der Waals surface area contributed by atoms with Crippen LogP contribution in [-0.2, 0) is 24.5 Å². The molecule has 1 fully saturated rings. The van der Waals surface area contributed by atoms with E-state index >= 15 is 0 Å². The van der Waals surface area contributed by atoms with Crippen molar-refractivity contribution in [2.45, 2.75) is 131 Å². The van der Waals surface area contributed by atoms with E-state index < -0.39 is 34.9 Å². The largest absolute Gasteiger partial charge is 0.494 e. The fraction of sp³-hybridized carbons (Fsp3) is 0.625. The summed E-state index contributed by atoms with van der Waals surface area (Å²) in [6, 6.07) is 15.1. The Bertz CT molecular complexity index is 1420. The van der Waals surface area contributed by atoms with E-state index in [4.69, 9.17) is 9.47 Å². The van der Waals surface area contributed by atoms with Gasteiger partial charge in [-0.1, -0.05) is 58.0 Å². The van der Waals surface area contributed by atoms with E-state index in [0.717, 1.165) is 36.0 Å². The molecule has 298 valence electrons. The number of hydrogen-bond donors (Lipinski definition) is 1. The van der Waals surface area contributed by atoms with Gasteiger partial charge in [-0.15, -0.1) is 0 Å². The first-order valence-corrected chi connectivity index (χ1v) is 19.4. The molecule has 52 heavy (non-hydrogen) atoms. The van der Waals surface area contributed by atoms with Crippen molar-refractivity contribution in [3.8, 4) is 11.5 Å². The number of benzene rings is 2. The highest BCUT2D eigenvalue weighted by atomic mass is 32.2. The van der Waals surface area contributed by atoms with E-state index in [1.54, 1.807) is 32.9 Å². The van der Waals surface area contributed by atoms with E-state index in [9.17, 15) is 26.4 Å². The summed E-state index contributed by atoms with van der Waals surface area (Å²) in [5, 5.41) is 2.71. The second-order valence-corrected chi connectivity index (χ2v) is 17.6. The summed E-state index contributed by atoms with van der Waals surface area (Å²) < 4.78 is 73.6. The molecule has 1 heterocycles. The number of hydrogen-bond acceptors (Lipinski definition) is 7. The molecule has 1 N–H and O–H groups in total. The molecular formula is C40H65F3N2O6S. The highest BCUT2D eigenvalue weighted by Gasteiger charge is 2.29. The minimum Gasteiger partial charge on any atom is -0.494 e. The number of carbonyl (C=O) groups is 1. The fourth-order valence-electron chi connectivity index (χ4n) is 4.28. The molecule has 0 saturated carbocycles. The molecule has 2 aromatic carbocycles. The van der Waals surface area contributed by atoms with Gasteiger partial charge in [0.1, 0.15) is 18.1 Å². The molecule has 2 aromatic rings. The van der Waals surface area contributed by atoms with Crippen molar-refractivity contribution in [3.05, 3.63) is 72.3 Å². The van der Waals surface area contributed by atoms with Crippen molar-refractivity contribution in [1.29, 1.82) is 0 Å². The maximum Gasteiger partial charge on any atom is 0.272 e. The number of alkyl halides is 3. The molecular weight excluding hydrogens is 694 g/mol. The third-order valence-electron chi connectivity index (χ3n) is 7.08. The van der Waals surface area contributed by atoms with Gasteiger partial charge in [-0.3, -0.25) is 13.9 Å². The summed E-state index contributed by atoms with van der Waals surface area (Å²) in [6.07, 6.45) is -0.874. The van der Waals surface area contributed by atoms with Crippen LogP contribution in [0, 0.1) is 0 Å². The van der Waals surface area contributed by atoms with E-state index in [0.29, 0.717) is 17.9 Å². The van der Waals surface area contributed by atoms with Crippen molar-refractivity contribution in [2.75, 3.05) is 32.6 Å². The average molecular weight is 759 g/mol. The first kappa shape index (κ1) is 48.9. The Morgan fingerprint density at radius 1 is 0.846 bits per heavy atom. The summed E-state index contributed by atoms with van der Waals surface area (Å²) in [5.41, 5.74) is 1.60. The van der Waals surface area contributed by atoms with Gasteiger partial charge in [0.25, 0.3) is 16.5 Å². The molecule has 0 radical (unpaired) electrons. The van der Waals surface area contributed by atoms with Gasteiger partial charge in [0.2, 0.25) is 5.91 Å². The quantitative estimate of drug-likeness (QED) is 0.0999. The van der Waals surface area contributed by atoms with Gasteiger partial charge in [0, 0.05) is 29.6 Å². The van der Waals surface area contributed by atoms with Crippen LogP contribution in [0.15, 0.2) is 61.2 Å². The van der Waals surface area contributed by atoms with Gasteiger partial charge in [-0.05, 0) is 110 Å². The molecule has 1 aliphatic rings. The lowest BCUT2D eigenvalue weighted by molar-refractivity contribution is -0.117. The molecule has 0 bridgehead atoms. The van der Waals surface area contributed by atoms with E-state index in [1.807, 2.05) is 57.2 Å². The Kier molecular flexibility index (Phi) is 20.3. The highest BCUT2D eigenvalue weighted by molar-refractivity contribution is 7.86. The van der Waals surface area contributed by atoms with Crippen LogP contribution in [0.1, 0.15) is 107 Å². The second-order valence-electron chi connectivity index (χ2n) is 16.0. The number of unbranched alkanes of at least 4 members (excludes halogenated alkanes) is 1. The number of halogens is 3. The predicted octanol–water partition coefficient (Wildman–Crippen LogP) is 9.12. The molecule has 12 heteroatoms. The zero-order valence-electron chi connectivity index (χ0n) is 33.7. The van der Waals surface area contributed by atoms with Gasteiger partial charge in [-0.25, -0.2) is 13.2 Å². The summed E-state index contributed by atoms with van der Waals surface area (Å²) in [6.45, 7) is 29.9. The highest BCUT2D eigenvalue weighted by Crippen LogP contribution is 2.33. The van der Waals surface area contributed by atoms with E-state index in [2.05, 4.69) is 62.5 Å². The minimum absolute atomic E-state index is 0.123. The molecule has 3 rings (SSSR count). The third-order valence-corrected chi connectivity index (χ3v) is 7.88. The van der Waals surface area contributed by atoms with Crippen LogP contribution in [-0.4, -0.2) is 81.1 Å². The van der Waals surface area contributed by atoms with Gasteiger partial charge in [0.05, 0.1) is 18.5 Å². The molecule has 0 aromatic heterocycles. The van der Waals surface area contributed by atoms with Gasteiger partial charge >= 0.3 is 0 Å². The Morgan fingerprint density at radius 3 is 1.54 bits per heavy atom. The van der Waals surface area contributed by atoms with Gasteiger partial charge < -0.3 is 14.8 Å². The Balaban J connectivity index is 0.000000840. The van der Waals surface area contributed by atoms with E-state index in [1.165, 1.54) is 19.2 Å². The molecule has 0 aliphatic carbocycles. The van der Waals surface area contributed by atoms with Crippen molar-refractivity contribution in [3.63, 3.8) is 0 Å². The summed E-state index contributed by atoms with van der Waals surface area (Å²) >= 11 is 0. The van der Waals surface area contributed by atoms with Crippen LogP contribution in [0.5, 0.6) is 11.5 Å². The first-order chi connectivity index (χ1) is 23.6. The van der Waals surface area contributed by atoms with Gasteiger partial charge in [0.15, 0.2) is 6.17 Å². The first-order valence-electron chi connectivity index (χ1n) is 17.6. The van der Waals surface area contributed by atoms with Crippen molar-refractivity contribution < 1.29 is 40.0 Å². The molecule has 1 aliphatic heterocycles. The monoisotopic (exact) mass is 758 g/mol. The van der Waals surface area contributed by atoms with Crippen LogP contribution in [0.25, 0.3) is 0 Å². The van der Waals surface area contributed by atoms with Crippen molar-refractivity contribution in [2.24, 2.45) is 0 Å².